The quantitative estimate of drug-likeness (QED) is 0.499. The molecule has 0 fully saturated rings. The summed E-state index contributed by atoms with van der Waals surface area (Å²) < 4.78 is 5.12. The highest BCUT2D eigenvalue weighted by Gasteiger charge is 2.21. The van der Waals surface area contributed by atoms with Gasteiger partial charge in [0, 0.05) is 27.7 Å². The maximum absolute atomic E-state index is 12.4. The van der Waals surface area contributed by atoms with Gasteiger partial charge in [0.25, 0.3) is 0 Å². The molecule has 3 aromatic rings. The number of rotatable bonds is 4. The van der Waals surface area contributed by atoms with Gasteiger partial charge in [0.15, 0.2) is 0 Å². The van der Waals surface area contributed by atoms with E-state index in [0.717, 1.165) is 0 Å². The number of carbonyl (C=O) groups excluding carboxylic acids is 1. The molecule has 0 aliphatic rings. The lowest BCUT2D eigenvalue weighted by Crippen LogP contribution is -2.06. The lowest BCUT2D eigenvalue weighted by Gasteiger charge is -2.03. The monoisotopic (exact) mass is 385 g/mol. The predicted octanol–water partition coefficient (Wildman–Crippen LogP) is 5.11. The van der Waals surface area contributed by atoms with Crippen LogP contribution in [0.2, 0.25) is 10.0 Å². The van der Waals surface area contributed by atoms with Gasteiger partial charge in [-0.3, -0.25) is 4.98 Å². The number of halogens is 2. The first-order valence-corrected chi connectivity index (χ1v) is 8.51. The van der Waals surface area contributed by atoms with E-state index in [4.69, 9.17) is 27.9 Å². The Bertz CT molecular complexity index is 1050. The summed E-state index contributed by atoms with van der Waals surface area (Å²) in [5.41, 5.74) is 2.03. The van der Waals surface area contributed by atoms with Crippen LogP contribution in [0.25, 0.3) is 22.6 Å². The van der Waals surface area contributed by atoms with E-state index in [1.54, 1.807) is 49.5 Å². The minimum Gasteiger partial charge on any atom is -0.461 e. The van der Waals surface area contributed by atoms with E-state index in [1.165, 1.54) is 0 Å². The van der Waals surface area contributed by atoms with Gasteiger partial charge in [-0.1, -0.05) is 29.3 Å². The van der Waals surface area contributed by atoms with Gasteiger partial charge in [-0.2, -0.15) is 5.26 Å². The summed E-state index contributed by atoms with van der Waals surface area (Å²) in [7, 11) is 0. The lowest BCUT2D eigenvalue weighted by atomic mass is 10.0. The van der Waals surface area contributed by atoms with Crippen molar-refractivity contribution in [2.45, 2.75) is 6.92 Å². The highest BCUT2D eigenvalue weighted by molar-refractivity contribution is 6.39. The van der Waals surface area contributed by atoms with Crippen LogP contribution in [0.15, 0.2) is 36.5 Å². The Morgan fingerprint density at radius 2 is 2.19 bits per heavy atom. The first kappa shape index (κ1) is 18.0. The van der Waals surface area contributed by atoms with Crippen molar-refractivity contribution in [1.82, 2.24) is 9.97 Å². The second kappa shape index (κ2) is 7.61. The van der Waals surface area contributed by atoms with Crippen molar-refractivity contribution in [2.75, 3.05) is 6.61 Å². The van der Waals surface area contributed by atoms with E-state index >= 15 is 0 Å². The van der Waals surface area contributed by atoms with Gasteiger partial charge in [0.05, 0.1) is 22.9 Å². The molecule has 2 aromatic heterocycles. The van der Waals surface area contributed by atoms with E-state index < -0.39 is 5.97 Å². The van der Waals surface area contributed by atoms with E-state index in [-0.39, 0.29) is 12.3 Å². The molecule has 0 saturated heterocycles. The third-order valence-corrected chi connectivity index (χ3v) is 4.20. The zero-order valence-electron chi connectivity index (χ0n) is 13.7. The van der Waals surface area contributed by atoms with Crippen LogP contribution in [0.4, 0.5) is 0 Å². The second-order valence-corrected chi connectivity index (χ2v) is 6.17. The summed E-state index contributed by atoms with van der Waals surface area (Å²) in [6, 6.07) is 10.6. The number of hydrogen-bond donors (Lipinski definition) is 1. The number of hydrogen-bond acceptors (Lipinski definition) is 4. The minimum absolute atomic E-state index is 0.203. The third-order valence-electron chi connectivity index (χ3n) is 3.68. The molecule has 130 valence electrons. The molecule has 0 saturated carbocycles. The lowest BCUT2D eigenvalue weighted by molar-refractivity contribution is 0.0520. The number of H-pyrrole nitrogens is 1. The molecule has 0 radical (unpaired) electrons. The summed E-state index contributed by atoms with van der Waals surface area (Å²) in [5, 5.41) is 10.9. The normalized spacial score (nSPS) is 11.4. The number of allylic oxidation sites excluding steroid dienone is 1. The van der Waals surface area contributed by atoms with E-state index in [2.05, 4.69) is 16.0 Å². The van der Waals surface area contributed by atoms with E-state index in [1.807, 2.05) is 0 Å². The standard InChI is InChI=1S/C19H13Cl2N3O2/c1-2-26-19(25)18-13(7-11(10-22)15-5-3-4-6-23-15)17-14(21)8-12(20)9-16(17)24-18/h3-9,24H,2H2,1H3/b11-7-. The molecule has 5 nitrogen and oxygen atoms in total. The SMILES string of the molecule is CCOC(=O)c1[nH]c2cc(Cl)cc(Cl)c2c1/C=C(/C#N)c1ccccn1. The second-order valence-electron chi connectivity index (χ2n) is 5.33. The van der Waals surface area contributed by atoms with Crippen molar-refractivity contribution in [2.24, 2.45) is 0 Å². The van der Waals surface area contributed by atoms with Crippen LogP contribution in [0, 0.1) is 11.3 Å². The molecule has 1 aromatic carbocycles. The number of nitrogens with one attached hydrogen (secondary N) is 1. The number of fused-ring (bicyclic) bond motifs is 1. The fourth-order valence-electron chi connectivity index (χ4n) is 2.61. The number of ether oxygens (including phenoxy) is 1. The zero-order valence-corrected chi connectivity index (χ0v) is 15.2. The van der Waals surface area contributed by atoms with Crippen LogP contribution in [0.5, 0.6) is 0 Å². The number of esters is 1. The van der Waals surface area contributed by atoms with Gasteiger partial charge >= 0.3 is 5.97 Å². The number of carbonyl (C=O) groups is 1. The molecule has 0 amide bonds. The Hall–Kier alpha value is -2.81. The van der Waals surface area contributed by atoms with Crippen LogP contribution < -0.4 is 0 Å². The van der Waals surface area contributed by atoms with Crippen molar-refractivity contribution in [3.05, 3.63) is 63.5 Å². The fraction of sp³-hybridized carbons (Fsp3) is 0.105. The number of aromatic nitrogens is 2. The minimum atomic E-state index is -0.541. The Morgan fingerprint density at radius 1 is 1.38 bits per heavy atom. The molecule has 0 spiro atoms. The van der Waals surface area contributed by atoms with Crippen LogP contribution in [0.3, 0.4) is 0 Å². The van der Waals surface area contributed by atoms with Crippen molar-refractivity contribution in [1.29, 1.82) is 5.26 Å². The summed E-state index contributed by atoms with van der Waals surface area (Å²) in [5.74, 6) is -0.541. The number of nitrogens with zero attached hydrogens (tertiary/aromatic N) is 2. The van der Waals surface area contributed by atoms with Crippen LogP contribution in [-0.4, -0.2) is 22.5 Å². The van der Waals surface area contributed by atoms with Gasteiger partial charge in [-0.25, -0.2) is 4.79 Å². The Balaban J connectivity index is 2.29. The van der Waals surface area contributed by atoms with E-state index in [9.17, 15) is 10.1 Å². The van der Waals surface area contributed by atoms with E-state index in [0.29, 0.717) is 37.8 Å². The summed E-state index contributed by atoms with van der Waals surface area (Å²) in [6.45, 7) is 1.94. The van der Waals surface area contributed by atoms with Gasteiger partial charge in [0.1, 0.15) is 11.8 Å². The molecule has 1 N–H and O–H groups in total. The molecular weight excluding hydrogens is 373 g/mol. The van der Waals surface area contributed by atoms with Crippen LogP contribution >= 0.6 is 23.2 Å². The molecule has 3 rings (SSSR count). The van der Waals surface area contributed by atoms with Crippen molar-refractivity contribution < 1.29 is 9.53 Å². The van der Waals surface area contributed by atoms with Crippen molar-refractivity contribution in [3.63, 3.8) is 0 Å². The molecule has 0 aliphatic carbocycles. The Labute approximate surface area is 159 Å². The molecule has 0 aliphatic heterocycles. The van der Waals surface area contributed by atoms with Gasteiger partial charge in [-0.15, -0.1) is 0 Å². The van der Waals surface area contributed by atoms with Gasteiger partial charge < -0.3 is 9.72 Å². The predicted molar refractivity (Wildman–Crippen MR) is 102 cm³/mol. The fourth-order valence-corrected chi connectivity index (χ4v) is 3.21. The number of nitriles is 1. The number of pyridine rings is 1. The maximum Gasteiger partial charge on any atom is 0.355 e. The molecule has 26 heavy (non-hydrogen) atoms. The van der Waals surface area contributed by atoms with Crippen molar-refractivity contribution in [3.8, 4) is 6.07 Å². The molecule has 0 unspecified atom stereocenters. The average molecular weight is 386 g/mol. The Morgan fingerprint density at radius 3 is 2.85 bits per heavy atom. The summed E-state index contributed by atoms with van der Waals surface area (Å²) in [4.78, 5) is 19.6. The largest absolute Gasteiger partial charge is 0.461 e. The molecule has 0 bridgehead atoms. The van der Waals surface area contributed by atoms with Crippen LogP contribution in [-0.2, 0) is 4.74 Å². The van der Waals surface area contributed by atoms with Crippen molar-refractivity contribution >= 4 is 51.7 Å². The molecule has 0 atom stereocenters. The first-order chi connectivity index (χ1) is 12.5. The van der Waals surface area contributed by atoms with Crippen LogP contribution in [0.1, 0.15) is 28.7 Å². The Kier molecular flexibility index (Phi) is 5.27. The topological polar surface area (TPSA) is 78.8 Å². The number of benzene rings is 1. The molecular formula is C19H13Cl2N3O2. The number of aromatic amines is 1. The average Bonchev–Trinajstić information content (AvgIpc) is 2.99. The van der Waals surface area contributed by atoms with Gasteiger partial charge in [-0.05, 0) is 37.3 Å². The maximum atomic E-state index is 12.4. The molecule has 7 heteroatoms. The zero-order chi connectivity index (χ0) is 18.7. The summed E-state index contributed by atoms with van der Waals surface area (Å²) in [6.07, 6.45) is 3.17. The third kappa shape index (κ3) is 3.43. The highest BCUT2D eigenvalue weighted by Crippen LogP contribution is 2.35. The van der Waals surface area contributed by atoms with Gasteiger partial charge in [0.2, 0.25) is 0 Å². The summed E-state index contributed by atoms with van der Waals surface area (Å²) >= 11 is 12.4. The smallest absolute Gasteiger partial charge is 0.355 e. The molecule has 2 heterocycles. The first-order valence-electron chi connectivity index (χ1n) is 7.76. The highest BCUT2D eigenvalue weighted by atomic mass is 35.5.